The van der Waals surface area contributed by atoms with E-state index in [1.807, 2.05) is 18.4 Å². The van der Waals surface area contributed by atoms with Gasteiger partial charge in [-0.3, -0.25) is 0 Å². The fourth-order valence-electron chi connectivity index (χ4n) is 8.66. The number of thiophene rings is 1. The number of hydrogen-bond donors (Lipinski definition) is 0. The van der Waals surface area contributed by atoms with Gasteiger partial charge in [0.1, 0.15) is 0 Å². The van der Waals surface area contributed by atoms with Crippen LogP contribution in [-0.2, 0) is 14.3 Å². The van der Waals surface area contributed by atoms with Crippen LogP contribution < -0.4 is 0 Å². The Kier molecular flexibility index (Phi) is 3.04. The van der Waals surface area contributed by atoms with E-state index in [1.165, 1.54) is 37.7 Å². The number of rotatable bonds is 1. The quantitative estimate of drug-likeness (QED) is 0.390. The highest BCUT2D eigenvalue weighted by Gasteiger charge is 2.66. The van der Waals surface area contributed by atoms with E-state index in [-0.39, 0.29) is 5.97 Å². The molecule has 4 heteroatoms. The molecule has 3 nitrogen and oxygen atoms in total. The molecule has 0 N–H and O–H groups in total. The molecule has 7 saturated carbocycles. The molecule has 0 spiro atoms. The molecule has 8 bridgehead atoms. The first-order valence-corrected chi connectivity index (χ1v) is 11.8. The Balaban J connectivity index is 1.45. The Morgan fingerprint density at radius 3 is 2.32 bits per heavy atom. The van der Waals surface area contributed by atoms with E-state index in [9.17, 15) is 9.59 Å². The summed E-state index contributed by atoms with van der Waals surface area (Å²) >= 11 is 1.62. The zero-order valence-electron chi connectivity index (χ0n) is 16.0. The third-order valence-corrected chi connectivity index (χ3v) is 10.00. The van der Waals surface area contributed by atoms with Crippen LogP contribution in [0.5, 0.6) is 0 Å². The van der Waals surface area contributed by atoms with Crippen LogP contribution >= 0.6 is 11.3 Å². The molecule has 8 fully saturated rings. The lowest BCUT2D eigenvalue weighted by molar-refractivity contribution is -0.177. The highest BCUT2D eigenvalue weighted by molar-refractivity contribution is 7.08. The van der Waals surface area contributed by atoms with Gasteiger partial charge in [0.05, 0.1) is 11.1 Å². The molecule has 1 saturated heterocycles. The Morgan fingerprint density at radius 1 is 0.964 bits per heavy atom. The first kappa shape index (κ1) is 16.2. The lowest BCUT2D eigenvalue weighted by Gasteiger charge is -2.70. The molecule has 1 unspecified atom stereocenters. The van der Waals surface area contributed by atoms with Gasteiger partial charge in [0.25, 0.3) is 0 Å². The first-order chi connectivity index (χ1) is 13.6. The smallest absolute Gasteiger partial charge is 0.347 e. The van der Waals surface area contributed by atoms with Gasteiger partial charge in [0.2, 0.25) is 0 Å². The summed E-state index contributed by atoms with van der Waals surface area (Å²) in [6.07, 6.45) is 6.66. The molecule has 8 atom stereocenters. The van der Waals surface area contributed by atoms with Crippen LogP contribution in [0, 0.1) is 47.3 Å². The molecule has 28 heavy (non-hydrogen) atoms. The summed E-state index contributed by atoms with van der Waals surface area (Å²) in [4.78, 5) is 25.7. The van der Waals surface area contributed by atoms with Crippen LogP contribution in [0.1, 0.15) is 44.6 Å². The third-order valence-electron chi connectivity index (χ3n) is 9.31. The maximum Gasteiger partial charge on any atom is 0.347 e. The Hall–Kier alpha value is -1.68. The number of esters is 2. The number of hydrogen-bond acceptors (Lipinski definition) is 4. The van der Waals surface area contributed by atoms with Gasteiger partial charge in [0.15, 0.2) is 0 Å². The molecule has 0 amide bonds. The van der Waals surface area contributed by atoms with Crippen molar-refractivity contribution in [3.63, 3.8) is 0 Å². The summed E-state index contributed by atoms with van der Waals surface area (Å²) < 4.78 is 5.22. The van der Waals surface area contributed by atoms with E-state index in [1.54, 1.807) is 11.3 Å². The molecular formula is C24H24O3S. The summed E-state index contributed by atoms with van der Waals surface area (Å²) in [6, 6.07) is 2.03. The van der Waals surface area contributed by atoms with Gasteiger partial charge in [-0.15, -0.1) is 0 Å². The van der Waals surface area contributed by atoms with Crippen LogP contribution in [0.4, 0.5) is 0 Å². The highest BCUT2D eigenvalue weighted by Crippen LogP contribution is 2.73. The predicted octanol–water partition coefficient (Wildman–Crippen LogP) is 4.85. The Labute approximate surface area is 168 Å². The van der Waals surface area contributed by atoms with Gasteiger partial charge in [-0.1, -0.05) is 0 Å². The standard InChI is InChI=1S/C24H24O3S/c1-10(12-2-3-28-9-12)19-22(24(26)27-23(19)25)20-13-7-15-14-4-11-5-17(15)21(20)18(6-11)16(14)8-13/h2-3,9,11,13-18,21H,4-8H2,1H3/b19-10+,22-20+/t11-,13+,14-,15-,16-,17-,18+,21?/m0/s1. The lowest BCUT2D eigenvalue weighted by atomic mass is 9.34. The summed E-state index contributed by atoms with van der Waals surface area (Å²) in [5.41, 5.74) is 4.51. The van der Waals surface area contributed by atoms with Gasteiger partial charge in [-0.05, 0) is 120 Å². The minimum atomic E-state index is -0.432. The van der Waals surface area contributed by atoms with Crippen molar-refractivity contribution < 1.29 is 14.3 Å². The second-order valence-electron chi connectivity index (χ2n) is 10.1. The van der Waals surface area contributed by atoms with Crippen molar-refractivity contribution in [3.8, 4) is 0 Å². The van der Waals surface area contributed by atoms with Gasteiger partial charge in [-0.2, -0.15) is 11.3 Å². The largest absolute Gasteiger partial charge is 0.386 e. The summed E-state index contributed by atoms with van der Waals surface area (Å²) in [6.45, 7) is 1.98. The minimum Gasteiger partial charge on any atom is -0.386 e. The SMILES string of the molecule is C/C(=C1\C(=O)OC(=O)\C1=C1\C2[C@H]3C[C@@H]4C[C@H]5[C@@H]3C[C@@H]1C[C@@H]5[C@H]2C4)c1ccsc1. The molecule has 8 aliphatic rings. The first-order valence-electron chi connectivity index (χ1n) is 10.9. The molecule has 0 radical (unpaired) electrons. The number of allylic oxidation sites excluding steroid dienone is 2. The molecule has 2 heterocycles. The van der Waals surface area contributed by atoms with Crippen LogP contribution in [-0.4, -0.2) is 11.9 Å². The highest BCUT2D eigenvalue weighted by atomic mass is 32.1. The van der Waals surface area contributed by atoms with Crippen LogP contribution in [0.15, 0.2) is 33.5 Å². The third kappa shape index (κ3) is 1.82. The van der Waals surface area contributed by atoms with Gasteiger partial charge >= 0.3 is 11.9 Å². The number of carbonyl (C=O) groups is 2. The van der Waals surface area contributed by atoms with Crippen LogP contribution in [0.25, 0.3) is 5.57 Å². The van der Waals surface area contributed by atoms with Crippen molar-refractivity contribution in [1.29, 1.82) is 0 Å². The fraction of sp³-hybridized carbons (Fsp3) is 0.583. The second-order valence-corrected chi connectivity index (χ2v) is 10.9. The van der Waals surface area contributed by atoms with Crippen LogP contribution in [0.3, 0.4) is 0 Å². The maximum atomic E-state index is 13.0. The van der Waals surface area contributed by atoms with E-state index >= 15 is 0 Å². The average Bonchev–Trinajstić information content (AvgIpc) is 3.32. The van der Waals surface area contributed by atoms with Crippen molar-refractivity contribution >= 4 is 28.8 Å². The minimum absolute atomic E-state index is 0.375. The van der Waals surface area contributed by atoms with Crippen molar-refractivity contribution in [3.05, 3.63) is 39.1 Å². The van der Waals surface area contributed by atoms with Crippen molar-refractivity contribution in [2.45, 2.75) is 39.0 Å². The van der Waals surface area contributed by atoms with Crippen molar-refractivity contribution in [2.75, 3.05) is 0 Å². The van der Waals surface area contributed by atoms with E-state index in [2.05, 4.69) is 5.38 Å². The fourth-order valence-corrected chi connectivity index (χ4v) is 9.37. The number of cyclic esters (lactones) is 2. The monoisotopic (exact) mass is 392 g/mol. The van der Waals surface area contributed by atoms with Crippen molar-refractivity contribution in [1.82, 2.24) is 0 Å². The van der Waals surface area contributed by atoms with E-state index in [0.717, 1.165) is 46.6 Å². The van der Waals surface area contributed by atoms with E-state index < -0.39 is 5.97 Å². The average molecular weight is 393 g/mol. The zero-order valence-corrected chi connectivity index (χ0v) is 16.8. The van der Waals surface area contributed by atoms with Crippen LogP contribution in [0.2, 0.25) is 0 Å². The molecule has 1 aliphatic heterocycles. The zero-order chi connectivity index (χ0) is 18.7. The van der Waals surface area contributed by atoms with E-state index in [4.69, 9.17) is 4.74 Å². The topological polar surface area (TPSA) is 43.4 Å². The molecule has 9 rings (SSSR count). The van der Waals surface area contributed by atoms with Gasteiger partial charge < -0.3 is 4.74 Å². The molecule has 144 valence electrons. The number of ether oxygens (including phenoxy) is 1. The van der Waals surface area contributed by atoms with Gasteiger partial charge in [-0.25, -0.2) is 9.59 Å². The predicted molar refractivity (Wildman–Crippen MR) is 106 cm³/mol. The molecule has 7 aliphatic carbocycles. The summed E-state index contributed by atoms with van der Waals surface area (Å²) in [5, 5.41) is 4.08. The molecule has 1 aromatic heterocycles. The second kappa shape index (κ2) is 5.27. The Morgan fingerprint density at radius 2 is 1.64 bits per heavy atom. The molecular weight excluding hydrogens is 368 g/mol. The van der Waals surface area contributed by atoms with E-state index in [0.29, 0.717) is 23.0 Å². The lowest BCUT2D eigenvalue weighted by Crippen LogP contribution is -2.63. The molecule has 0 aromatic carbocycles. The maximum absolute atomic E-state index is 13.0. The molecule has 1 aromatic rings. The summed E-state index contributed by atoms with van der Waals surface area (Å²) in [7, 11) is 0. The Bertz CT molecular complexity index is 959. The van der Waals surface area contributed by atoms with Gasteiger partial charge in [0, 0.05) is 0 Å². The normalized spacial score (nSPS) is 49.3. The number of carbonyl (C=O) groups excluding carboxylic acids is 2. The summed E-state index contributed by atoms with van der Waals surface area (Å²) in [5.74, 6) is 5.37. The van der Waals surface area contributed by atoms with Crippen molar-refractivity contribution in [2.24, 2.45) is 47.3 Å².